The third kappa shape index (κ3) is 2.98. The van der Waals surface area contributed by atoms with Crippen molar-refractivity contribution in [2.75, 3.05) is 0 Å². The van der Waals surface area contributed by atoms with E-state index in [1.807, 2.05) is 0 Å². The number of hydrogen-bond acceptors (Lipinski definition) is 0. The molecule has 0 saturated carbocycles. The molecule has 0 aliphatic carbocycles. The van der Waals surface area contributed by atoms with Crippen molar-refractivity contribution in [2.24, 2.45) is 0 Å². The molecule has 22 heavy (non-hydrogen) atoms. The molecule has 3 rings (SSSR count). The summed E-state index contributed by atoms with van der Waals surface area (Å²) >= 11 is 5.24. The average Bonchev–Trinajstić information content (AvgIpc) is 2.58. The lowest BCUT2D eigenvalue weighted by Crippen LogP contribution is -2.24. The van der Waals surface area contributed by atoms with Crippen LogP contribution in [0.2, 0.25) is 0 Å². The lowest BCUT2D eigenvalue weighted by molar-refractivity contribution is 0.895. The molecule has 0 atom stereocenters. The van der Waals surface area contributed by atoms with Crippen molar-refractivity contribution in [1.82, 2.24) is 0 Å². The minimum Gasteiger partial charge on any atom is -0.0622 e. The van der Waals surface area contributed by atoms with E-state index in [2.05, 4.69) is 135 Å². The minimum absolute atomic E-state index is 0.0831. The maximum atomic E-state index is 2.62. The van der Waals surface area contributed by atoms with Gasteiger partial charge in [0.15, 0.2) is 0 Å². The van der Waals surface area contributed by atoms with E-state index in [0.29, 0.717) is 0 Å². The summed E-state index contributed by atoms with van der Waals surface area (Å²) in [6.45, 7) is 0. The van der Waals surface area contributed by atoms with Gasteiger partial charge in [0.05, 0.1) is 5.16 Å². The lowest BCUT2D eigenvalue weighted by Gasteiger charge is -2.37. The monoisotopic (exact) mass is 528 g/mol. The number of halogens is 2. The van der Waals surface area contributed by atoms with Crippen LogP contribution in [0, 0.1) is 0 Å². The van der Waals surface area contributed by atoms with Gasteiger partial charge in [-0.05, 0) is 60.8 Å². The van der Waals surface area contributed by atoms with Gasteiger partial charge >= 0.3 is 0 Å². The number of rotatable bonds is 4. The topological polar surface area (TPSA) is 0 Å². The molecule has 0 heterocycles. The smallest absolute Gasteiger partial charge is 0.0622 e. The molecule has 0 amide bonds. The van der Waals surface area contributed by atoms with Gasteiger partial charge in [-0.3, -0.25) is 0 Å². The van der Waals surface area contributed by atoms with Crippen molar-refractivity contribution in [3.05, 3.63) is 108 Å². The molecule has 0 aliphatic heterocycles. The molecular weight excluding hydrogens is 513 g/mol. The highest BCUT2D eigenvalue weighted by Crippen LogP contribution is 2.73. The summed E-state index contributed by atoms with van der Waals surface area (Å²) in [7, 11) is 0. The molecule has 0 N–H and O–H groups in total. The highest BCUT2D eigenvalue weighted by atomic mass is 127. The standard InChI is InChI=1S/C19H15I2P/c20-22(21)19(16-10-4-1-5-11-16,17-12-6-2-7-13-17)18-14-8-3-9-15-18/h1-15H. The van der Waals surface area contributed by atoms with Crippen LogP contribution in [0.3, 0.4) is 0 Å². The van der Waals surface area contributed by atoms with Crippen molar-refractivity contribution in [2.45, 2.75) is 5.16 Å². The Bertz CT molecular complexity index is 616. The highest BCUT2D eigenvalue weighted by molar-refractivity contribution is 14.3. The predicted octanol–water partition coefficient (Wildman–Crippen LogP) is 7.16. The fourth-order valence-electron chi connectivity index (χ4n) is 2.83. The van der Waals surface area contributed by atoms with Gasteiger partial charge < -0.3 is 0 Å². The summed E-state index contributed by atoms with van der Waals surface area (Å²) in [6.07, 6.45) is 0. The van der Waals surface area contributed by atoms with E-state index in [9.17, 15) is 0 Å². The summed E-state index contributed by atoms with van der Waals surface area (Å²) in [4.78, 5) is 0. The summed E-state index contributed by atoms with van der Waals surface area (Å²) in [5.74, 6) is 0. The fourth-order valence-corrected chi connectivity index (χ4v) is 8.88. The molecule has 0 nitrogen and oxygen atoms in total. The Hall–Kier alpha value is -0.450. The summed E-state index contributed by atoms with van der Waals surface area (Å²) in [5, 5.41) is -0.0831. The molecule has 0 radical (unpaired) electrons. The van der Waals surface area contributed by atoms with Crippen LogP contribution in [-0.2, 0) is 5.16 Å². The van der Waals surface area contributed by atoms with Gasteiger partial charge in [-0.1, -0.05) is 91.0 Å². The summed E-state index contributed by atoms with van der Waals surface area (Å²) in [6, 6.07) is 32.7. The zero-order valence-electron chi connectivity index (χ0n) is 11.9. The molecule has 3 aromatic rings. The third-order valence-corrected chi connectivity index (χ3v) is 9.45. The molecule has 110 valence electrons. The average molecular weight is 528 g/mol. The maximum Gasteiger partial charge on any atom is 0.0832 e. The Kier molecular flexibility index (Phi) is 5.53. The first-order valence-electron chi connectivity index (χ1n) is 7.04. The van der Waals surface area contributed by atoms with E-state index < -0.39 is 0 Å². The summed E-state index contributed by atoms with van der Waals surface area (Å²) in [5.41, 5.74) is 4.09. The Morgan fingerprint density at radius 3 is 1.00 bits per heavy atom. The van der Waals surface area contributed by atoms with Crippen molar-refractivity contribution < 1.29 is 0 Å². The first-order valence-corrected chi connectivity index (χ1v) is 14.0. The largest absolute Gasteiger partial charge is 0.0832 e. The van der Waals surface area contributed by atoms with E-state index >= 15 is 0 Å². The normalized spacial score (nSPS) is 11.6. The van der Waals surface area contributed by atoms with Crippen LogP contribution in [-0.4, -0.2) is 0 Å². The molecule has 0 bridgehead atoms. The fraction of sp³-hybridized carbons (Fsp3) is 0.0526. The molecule has 0 saturated heterocycles. The molecule has 0 aliphatic rings. The third-order valence-electron chi connectivity index (χ3n) is 3.83. The van der Waals surface area contributed by atoms with Crippen LogP contribution >= 0.6 is 47.3 Å². The second kappa shape index (κ2) is 7.41. The second-order valence-corrected chi connectivity index (χ2v) is 17.5. The molecular formula is C19H15I2P. The van der Waals surface area contributed by atoms with E-state index in [1.54, 1.807) is 0 Å². The lowest BCUT2D eigenvalue weighted by atomic mass is 9.84. The predicted molar refractivity (Wildman–Crippen MR) is 114 cm³/mol. The van der Waals surface area contributed by atoms with Gasteiger partial charge in [-0.15, -0.1) is 0 Å². The van der Waals surface area contributed by atoms with Crippen LogP contribution < -0.4 is 0 Å². The van der Waals surface area contributed by atoms with E-state index in [4.69, 9.17) is 0 Å². The van der Waals surface area contributed by atoms with Crippen LogP contribution in [0.4, 0.5) is 0 Å². The first kappa shape index (κ1) is 16.4. The van der Waals surface area contributed by atoms with Crippen LogP contribution in [0.25, 0.3) is 0 Å². The van der Waals surface area contributed by atoms with Gasteiger partial charge in [-0.2, -0.15) is 0 Å². The highest BCUT2D eigenvalue weighted by Gasteiger charge is 2.41. The molecule has 0 fully saturated rings. The minimum atomic E-state index is -0.337. The SMILES string of the molecule is IP(I)C(c1ccccc1)(c1ccccc1)c1ccccc1. The molecule has 0 spiro atoms. The van der Waals surface area contributed by atoms with Crippen molar-refractivity contribution in [1.29, 1.82) is 0 Å². The number of hydrogen-bond donors (Lipinski definition) is 0. The van der Waals surface area contributed by atoms with Crippen molar-refractivity contribution in [3.63, 3.8) is 0 Å². The molecule has 0 aromatic heterocycles. The van der Waals surface area contributed by atoms with E-state index in [0.717, 1.165) is 0 Å². The first-order chi connectivity index (χ1) is 10.8. The summed E-state index contributed by atoms with van der Waals surface area (Å²) < 4.78 is -0.337. The van der Waals surface area contributed by atoms with Gasteiger partial charge in [0.1, 0.15) is 0 Å². The van der Waals surface area contributed by atoms with Crippen LogP contribution in [0.1, 0.15) is 16.7 Å². The molecule has 3 aromatic carbocycles. The Morgan fingerprint density at radius 1 is 0.500 bits per heavy atom. The van der Waals surface area contributed by atoms with Crippen LogP contribution in [0.15, 0.2) is 91.0 Å². The van der Waals surface area contributed by atoms with Gasteiger partial charge in [-0.25, -0.2) is 0 Å². The van der Waals surface area contributed by atoms with Crippen molar-refractivity contribution >= 4 is 47.3 Å². The Balaban J connectivity index is 2.34. The van der Waals surface area contributed by atoms with Crippen LogP contribution in [0.5, 0.6) is 0 Å². The van der Waals surface area contributed by atoms with Gasteiger partial charge in [0, 0.05) is 3.21 Å². The maximum absolute atomic E-state index is 2.62. The Labute approximate surface area is 159 Å². The van der Waals surface area contributed by atoms with Gasteiger partial charge in [0.2, 0.25) is 0 Å². The molecule has 3 heteroatoms. The quantitative estimate of drug-likeness (QED) is 0.192. The molecule has 0 unspecified atom stereocenters. The van der Waals surface area contributed by atoms with Crippen molar-refractivity contribution in [3.8, 4) is 0 Å². The zero-order valence-corrected chi connectivity index (χ0v) is 17.1. The Morgan fingerprint density at radius 2 is 0.773 bits per heavy atom. The van der Waals surface area contributed by atoms with E-state index in [-0.39, 0.29) is 8.36 Å². The van der Waals surface area contributed by atoms with E-state index in [1.165, 1.54) is 16.7 Å². The zero-order chi connectivity index (χ0) is 15.4. The number of benzene rings is 3. The second-order valence-electron chi connectivity index (χ2n) is 5.04. The van der Waals surface area contributed by atoms with Gasteiger partial charge in [0.25, 0.3) is 0 Å².